The molecule has 1 N–H and O–H groups in total. The number of nitriles is 1. The first-order valence-electron chi connectivity index (χ1n) is 6.80. The Morgan fingerprint density at radius 1 is 1.17 bits per heavy atom. The van der Waals surface area contributed by atoms with Crippen molar-refractivity contribution in [3.8, 4) is 6.07 Å². The van der Waals surface area contributed by atoms with Gasteiger partial charge in [0.25, 0.3) is 0 Å². The topological polar surface area (TPSA) is 39.1 Å². The van der Waals surface area contributed by atoms with Gasteiger partial charge < -0.3 is 4.90 Å². The summed E-state index contributed by atoms with van der Waals surface area (Å²) in [5.74, 6) is 0. The summed E-state index contributed by atoms with van der Waals surface area (Å²) in [5, 5.41) is 13.0. The summed E-state index contributed by atoms with van der Waals surface area (Å²) < 4.78 is 0. The number of hydrogen-bond donors (Lipinski definition) is 1. The lowest BCUT2D eigenvalue weighted by molar-refractivity contribution is 0.329. The average Bonchev–Trinajstić information content (AvgIpc) is 3.24. The molecule has 3 rings (SSSR count). The van der Waals surface area contributed by atoms with Gasteiger partial charge >= 0.3 is 0 Å². The van der Waals surface area contributed by atoms with E-state index in [0.29, 0.717) is 6.04 Å². The smallest absolute Gasteiger partial charge is 0.110 e. The van der Waals surface area contributed by atoms with E-state index in [1.807, 2.05) is 6.07 Å². The van der Waals surface area contributed by atoms with Crippen LogP contribution in [0.3, 0.4) is 0 Å². The van der Waals surface area contributed by atoms with Crippen molar-refractivity contribution in [3.05, 3.63) is 30.3 Å². The molecule has 2 fully saturated rings. The fraction of sp³-hybridized carbons (Fsp3) is 0.533. The molecular weight excluding hydrogens is 222 g/mol. The molecule has 1 aromatic rings. The fourth-order valence-electron chi connectivity index (χ4n) is 2.69. The third kappa shape index (κ3) is 2.34. The summed E-state index contributed by atoms with van der Waals surface area (Å²) in [6.07, 6.45) is 4.33. The Morgan fingerprint density at radius 3 is 2.39 bits per heavy atom. The van der Waals surface area contributed by atoms with Crippen molar-refractivity contribution in [1.82, 2.24) is 5.32 Å². The lowest BCUT2D eigenvalue weighted by atomic mass is 9.88. The number of piperidine rings is 1. The van der Waals surface area contributed by atoms with Crippen molar-refractivity contribution >= 4 is 5.69 Å². The van der Waals surface area contributed by atoms with Crippen LogP contribution in [0.1, 0.15) is 25.7 Å². The summed E-state index contributed by atoms with van der Waals surface area (Å²) in [4.78, 5) is 2.38. The third-order valence-electron chi connectivity index (χ3n) is 4.01. The van der Waals surface area contributed by atoms with Crippen LogP contribution in [0.4, 0.5) is 5.69 Å². The number of anilines is 1. The molecule has 1 aliphatic heterocycles. The van der Waals surface area contributed by atoms with Gasteiger partial charge in [0.2, 0.25) is 0 Å². The summed E-state index contributed by atoms with van der Waals surface area (Å²) in [6.45, 7) is 1.94. The van der Waals surface area contributed by atoms with Crippen molar-refractivity contribution in [2.75, 3.05) is 18.0 Å². The molecule has 1 aromatic carbocycles. The maximum Gasteiger partial charge on any atom is 0.110 e. The second kappa shape index (κ2) is 4.62. The van der Waals surface area contributed by atoms with Gasteiger partial charge in [-0.3, -0.25) is 5.32 Å². The number of para-hydroxylation sites is 1. The minimum absolute atomic E-state index is 0.271. The first-order chi connectivity index (χ1) is 8.81. The molecule has 1 saturated heterocycles. The molecule has 0 amide bonds. The normalized spacial score (nSPS) is 22.5. The van der Waals surface area contributed by atoms with Crippen molar-refractivity contribution in [2.24, 2.45) is 0 Å². The van der Waals surface area contributed by atoms with Crippen molar-refractivity contribution in [3.63, 3.8) is 0 Å². The van der Waals surface area contributed by atoms with E-state index in [9.17, 15) is 5.26 Å². The van der Waals surface area contributed by atoms with Gasteiger partial charge in [-0.1, -0.05) is 18.2 Å². The highest BCUT2D eigenvalue weighted by Gasteiger charge is 2.39. The minimum Gasteiger partial charge on any atom is -0.371 e. The zero-order valence-electron chi connectivity index (χ0n) is 10.6. The Morgan fingerprint density at radius 2 is 1.83 bits per heavy atom. The molecule has 0 radical (unpaired) electrons. The van der Waals surface area contributed by atoms with Crippen LogP contribution in [0.25, 0.3) is 0 Å². The summed E-state index contributed by atoms with van der Waals surface area (Å²) in [7, 11) is 0. The molecule has 0 bridgehead atoms. The average molecular weight is 241 g/mol. The van der Waals surface area contributed by atoms with Crippen molar-refractivity contribution in [1.29, 1.82) is 5.26 Å². The maximum atomic E-state index is 9.44. The predicted octanol–water partition coefficient (Wildman–Crippen LogP) is 2.30. The van der Waals surface area contributed by atoms with Crippen LogP contribution in [0, 0.1) is 11.3 Å². The molecule has 94 valence electrons. The van der Waals surface area contributed by atoms with Crippen LogP contribution < -0.4 is 10.2 Å². The third-order valence-corrected chi connectivity index (χ3v) is 4.01. The molecule has 0 atom stereocenters. The van der Waals surface area contributed by atoms with Gasteiger partial charge in [-0.25, -0.2) is 0 Å². The molecule has 2 aliphatic rings. The first kappa shape index (κ1) is 11.6. The Hall–Kier alpha value is -1.53. The SMILES string of the molecule is N#CC1(NC2CC2)CCN(c2ccccc2)CC1. The van der Waals surface area contributed by atoms with Crippen LogP contribution in [0.2, 0.25) is 0 Å². The summed E-state index contributed by atoms with van der Waals surface area (Å²) in [5.41, 5.74) is 1.00. The van der Waals surface area contributed by atoms with Gasteiger partial charge in [0.1, 0.15) is 5.54 Å². The monoisotopic (exact) mass is 241 g/mol. The van der Waals surface area contributed by atoms with Gasteiger partial charge in [-0.05, 0) is 37.8 Å². The van der Waals surface area contributed by atoms with Crippen molar-refractivity contribution in [2.45, 2.75) is 37.3 Å². The second-order valence-corrected chi connectivity index (χ2v) is 5.44. The lowest BCUT2D eigenvalue weighted by Crippen LogP contribution is -2.53. The number of benzene rings is 1. The van der Waals surface area contributed by atoms with E-state index < -0.39 is 0 Å². The molecule has 1 aliphatic carbocycles. The highest BCUT2D eigenvalue weighted by molar-refractivity contribution is 5.46. The van der Waals surface area contributed by atoms with E-state index in [2.05, 4.69) is 40.6 Å². The highest BCUT2D eigenvalue weighted by atomic mass is 15.2. The van der Waals surface area contributed by atoms with E-state index in [1.54, 1.807) is 0 Å². The van der Waals surface area contributed by atoms with E-state index >= 15 is 0 Å². The predicted molar refractivity (Wildman–Crippen MR) is 72.4 cm³/mol. The zero-order valence-corrected chi connectivity index (χ0v) is 10.6. The standard InChI is InChI=1S/C15H19N3/c16-12-15(17-13-6-7-13)8-10-18(11-9-15)14-4-2-1-3-5-14/h1-5,13,17H,6-11H2. The van der Waals surface area contributed by atoms with Crippen LogP contribution in [0.15, 0.2) is 30.3 Å². The Bertz CT molecular complexity index is 437. The molecule has 3 heteroatoms. The van der Waals surface area contributed by atoms with Gasteiger partial charge in [0, 0.05) is 24.8 Å². The van der Waals surface area contributed by atoms with Crippen molar-refractivity contribution < 1.29 is 0 Å². The van der Waals surface area contributed by atoms with Gasteiger partial charge in [0.05, 0.1) is 6.07 Å². The number of nitrogens with zero attached hydrogens (tertiary/aromatic N) is 2. The van der Waals surface area contributed by atoms with Crippen LogP contribution in [0.5, 0.6) is 0 Å². The molecular formula is C15H19N3. The number of nitrogens with one attached hydrogen (secondary N) is 1. The van der Waals surface area contributed by atoms with Gasteiger partial charge in [-0.15, -0.1) is 0 Å². The van der Waals surface area contributed by atoms with E-state index in [-0.39, 0.29) is 5.54 Å². The minimum atomic E-state index is -0.271. The fourth-order valence-corrected chi connectivity index (χ4v) is 2.69. The molecule has 18 heavy (non-hydrogen) atoms. The van der Waals surface area contributed by atoms with E-state index in [1.165, 1.54) is 18.5 Å². The Balaban J connectivity index is 1.65. The molecule has 0 unspecified atom stereocenters. The summed E-state index contributed by atoms with van der Waals surface area (Å²) >= 11 is 0. The van der Waals surface area contributed by atoms with Crippen LogP contribution >= 0.6 is 0 Å². The van der Waals surface area contributed by atoms with Gasteiger partial charge in [-0.2, -0.15) is 5.26 Å². The second-order valence-electron chi connectivity index (χ2n) is 5.44. The Labute approximate surface area is 108 Å². The quantitative estimate of drug-likeness (QED) is 0.882. The molecule has 3 nitrogen and oxygen atoms in total. The molecule has 0 spiro atoms. The molecule has 1 heterocycles. The lowest BCUT2D eigenvalue weighted by Gasteiger charge is -2.39. The van der Waals surface area contributed by atoms with Crippen LogP contribution in [-0.2, 0) is 0 Å². The molecule has 1 saturated carbocycles. The van der Waals surface area contributed by atoms with E-state index in [0.717, 1.165) is 25.9 Å². The first-order valence-corrected chi connectivity index (χ1v) is 6.80. The van der Waals surface area contributed by atoms with Gasteiger partial charge in [0.15, 0.2) is 0 Å². The van der Waals surface area contributed by atoms with E-state index in [4.69, 9.17) is 0 Å². The highest BCUT2D eigenvalue weighted by Crippen LogP contribution is 2.30. The number of hydrogen-bond acceptors (Lipinski definition) is 3. The van der Waals surface area contributed by atoms with Crippen LogP contribution in [-0.4, -0.2) is 24.7 Å². The Kier molecular flexibility index (Phi) is 2.97. The maximum absolute atomic E-state index is 9.44. The molecule has 0 aromatic heterocycles. The number of rotatable bonds is 3. The largest absolute Gasteiger partial charge is 0.371 e. The zero-order chi connectivity index (χ0) is 12.4. The summed E-state index contributed by atoms with van der Waals surface area (Å²) in [6, 6.07) is 13.6.